The number of hydrogen-bond donors (Lipinski definition) is 0. The summed E-state index contributed by atoms with van der Waals surface area (Å²) in [6.45, 7) is 13.9. The van der Waals surface area contributed by atoms with Crippen LogP contribution in [-0.2, 0) is 11.3 Å². The van der Waals surface area contributed by atoms with Crippen molar-refractivity contribution in [3.8, 4) is 5.75 Å². The van der Waals surface area contributed by atoms with Gasteiger partial charge in [-0.25, -0.2) is 4.79 Å². The minimum atomic E-state index is -1.99. The second-order valence-corrected chi connectivity index (χ2v) is 13.4. The summed E-state index contributed by atoms with van der Waals surface area (Å²) in [5.74, 6) is 0.530. The Hall–Kier alpha value is -2.07. The van der Waals surface area contributed by atoms with Gasteiger partial charge in [-0.1, -0.05) is 71.9 Å². The molecule has 0 bridgehead atoms. The molecule has 0 unspecified atom stereocenters. The van der Waals surface area contributed by atoms with Gasteiger partial charge >= 0.3 is 5.97 Å². The van der Waals surface area contributed by atoms with E-state index in [-0.39, 0.29) is 12.6 Å². The summed E-state index contributed by atoms with van der Waals surface area (Å²) in [5.41, 5.74) is 3.05. The van der Waals surface area contributed by atoms with Crippen molar-refractivity contribution in [3.63, 3.8) is 0 Å². The fourth-order valence-corrected chi connectivity index (χ4v) is 9.27. The van der Waals surface area contributed by atoms with Crippen LogP contribution in [0.2, 0.25) is 16.6 Å². The molecule has 27 heavy (non-hydrogen) atoms. The van der Waals surface area contributed by atoms with Gasteiger partial charge in [-0.05, 0) is 46.5 Å². The largest absolute Gasteiger partial charge is 0.543 e. The smallest absolute Gasteiger partial charge is 0.338 e. The van der Waals surface area contributed by atoms with E-state index >= 15 is 0 Å². The highest BCUT2D eigenvalue weighted by Gasteiger charge is 2.46. The summed E-state index contributed by atoms with van der Waals surface area (Å²) in [4.78, 5) is 12.3. The lowest BCUT2D eigenvalue weighted by Gasteiger charge is -2.42. The van der Waals surface area contributed by atoms with Crippen molar-refractivity contribution in [1.82, 2.24) is 0 Å². The molecule has 2 rings (SSSR count). The van der Waals surface area contributed by atoms with Crippen molar-refractivity contribution in [3.05, 3.63) is 65.7 Å². The van der Waals surface area contributed by atoms with Crippen molar-refractivity contribution in [2.45, 2.75) is 64.8 Å². The molecule has 0 radical (unpaired) electrons. The van der Waals surface area contributed by atoms with Crippen molar-refractivity contribution < 1.29 is 14.0 Å². The third-order valence-corrected chi connectivity index (χ3v) is 11.3. The zero-order valence-corrected chi connectivity index (χ0v) is 18.4. The highest BCUT2D eigenvalue weighted by molar-refractivity contribution is 6.78. The lowest BCUT2D eigenvalue weighted by molar-refractivity contribution is 0.0472. The van der Waals surface area contributed by atoms with E-state index in [1.165, 1.54) is 0 Å². The van der Waals surface area contributed by atoms with Crippen LogP contribution in [-0.4, -0.2) is 14.3 Å². The number of carbonyl (C=O) groups excluding carboxylic acids is 1. The van der Waals surface area contributed by atoms with Crippen molar-refractivity contribution in [2.75, 3.05) is 0 Å². The predicted octanol–water partition coefficient (Wildman–Crippen LogP) is 6.60. The first-order valence-electron chi connectivity index (χ1n) is 9.77. The highest BCUT2D eigenvalue weighted by Crippen LogP contribution is 2.42. The quantitative estimate of drug-likeness (QED) is 0.380. The number of benzene rings is 2. The van der Waals surface area contributed by atoms with Crippen LogP contribution >= 0.6 is 0 Å². The van der Waals surface area contributed by atoms with Crippen LogP contribution in [0.1, 0.15) is 57.5 Å². The molecule has 2 aromatic carbocycles. The molecule has 0 heterocycles. The maximum atomic E-state index is 12.3. The fraction of sp³-hybridized carbons (Fsp3) is 0.435. The topological polar surface area (TPSA) is 35.5 Å². The molecule has 0 aliphatic rings. The van der Waals surface area contributed by atoms with E-state index < -0.39 is 8.32 Å². The van der Waals surface area contributed by atoms with E-state index in [1.807, 2.05) is 42.5 Å². The molecule has 0 aliphatic heterocycles. The number of esters is 1. The van der Waals surface area contributed by atoms with Gasteiger partial charge in [0.2, 0.25) is 0 Å². The molecule has 0 aliphatic carbocycles. The Labute approximate surface area is 164 Å². The second-order valence-electron chi connectivity index (χ2n) is 8.01. The fourth-order valence-electron chi connectivity index (χ4n) is 4.02. The summed E-state index contributed by atoms with van der Waals surface area (Å²) >= 11 is 0. The van der Waals surface area contributed by atoms with Gasteiger partial charge in [0, 0.05) is 0 Å². The Morgan fingerprint density at radius 1 is 0.815 bits per heavy atom. The number of hydrogen-bond acceptors (Lipinski definition) is 3. The molecule has 0 spiro atoms. The van der Waals surface area contributed by atoms with E-state index in [4.69, 9.17) is 9.16 Å². The summed E-state index contributed by atoms with van der Waals surface area (Å²) in [6, 6.07) is 17.1. The van der Waals surface area contributed by atoms with E-state index in [2.05, 4.69) is 41.5 Å². The van der Waals surface area contributed by atoms with Crippen LogP contribution in [0.15, 0.2) is 54.6 Å². The molecule has 0 N–H and O–H groups in total. The highest BCUT2D eigenvalue weighted by atomic mass is 28.4. The number of rotatable bonds is 8. The van der Waals surface area contributed by atoms with Gasteiger partial charge in [0.1, 0.15) is 12.4 Å². The zero-order valence-electron chi connectivity index (χ0n) is 17.4. The third kappa shape index (κ3) is 5.01. The maximum Gasteiger partial charge on any atom is 0.338 e. The first-order valence-corrected chi connectivity index (χ1v) is 11.9. The monoisotopic (exact) mass is 384 g/mol. The van der Waals surface area contributed by atoms with E-state index in [9.17, 15) is 4.79 Å². The average molecular weight is 385 g/mol. The SMILES string of the molecule is CC(C)[Si](Oc1ccc(C(=O)OCc2ccccc2)cc1)(C(C)C)C(C)C. The summed E-state index contributed by atoms with van der Waals surface area (Å²) in [6.07, 6.45) is 0. The molecule has 0 fully saturated rings. The first kappa shape index (κ1) is 21.2. The van der Waals surface area contributed by atoms with Crippen LogP contribution in [0, 0.1) is 0 Å². The van der Waals surface area contributed by atoms with Crippen LogP contribution in [0.25, 0.3) is 0 Å². The van der Waals surface area contributed by atoms with E-state index in [1.54, 1.807) is 12.1 Å². The molecule has 0 saturated heterocycles. The van der Waals surface area contributed by atoms with Gasteiger partial charge in [-0.3, -0.25) is 0 Å². The Kier molecular flexibility index (Phi) is 7.25. The number of ether oxygens (including phenoxy) is 1. The zero-order chi connectivity index (χ0) is 20.0. The molecule has 0 amide bonds. The maximum absolute atomic E-state index is 12.3. The Morgan fingerprint density at radius 3 is 1.81 bits per heavy atom. The molecule has 0 saturated carbocycles. The first-order chi connectivity index (χ1) is 12.8. The van der Waals surface area contributed by atoms with Gasteiger partial charge in [-0.2, -0.15) is 0 Å². The normalized spacial score (nSPS) is 11.9. The number of carbonyl (C=O) groups is 1. The van der Waals surface area contributed by atoms with Gasteiger partial charge in [0.05, 0.1) is 5.56 Å². The van der Waals surface area contributed by atoms with Crippen LogP contribution in [0.3, 0.4) is 0 Å². The second kappa shape index (κ2) is 9.22. The Balaban J connectivity index is 2.08. The molecule has 4 heteroatoms. The molecule has 2 aromatic rings. The minimum absolute atomic E-state index is 0.280. The van der Waals surface area contributed by atoms with E-state index in [0.29, 0.717) is 22.2 Å². The molecule has 0 atom stereocenters. The van der Waals surface area contributed by atoms with Crippen molar-refractivity contribution in [2.24, 2.45) is 0 Å². The van der Waals surface area contributed by atoms with Crippen molar-refractivity contribution >= 4 is 14.3 Å². The minimum Gasteiger partial charge on any atom is -0.543 e. The molecule has 0 aromatic heterocycles. The van der Waals surface area contributed by atoms with Gasteiger partial charge in [0.15, 0.2) is 0 Å². The van der Waals surface area contributed by atoms with Crippen LogP contribution < -0.4 is 4.43 Å². The molecular weight excluding hydrogens is 352 g/mol. The molecule has 3 nitrogen and oxygen atoms in total. The molecule has 146 valence electrons. The summed E-state index contributed by atoms with van der Waals surface area (Å²) in [5, 5.41) is 0. The van der Waals surface area contributed by atoms with Gasteiger partial charge in [-0.15, -0.1) is 0 Å². The standard InChI is InChI=1S/C23H32O3Si/c1-17(2)27(18(3)4,19(5)6)26-22-14-12-21(13-15-22)23(24)25-16-20-10-8-7-9-11-20/h7-15,17-19H,16H2,1-6H3. The van der Waals surface area contributed by atoms with E-state index in [0.717, 1.165) is 11.3 Å². The summed E-state index contributed by atoms with van der Waals surface area (Å²) in [7, 11) is -1.99. The Morgan fingerprint density at radius 2 is 1.33 bits per heavy atom. The Bertz CT molecular complexity index is 699. The van der Waals surface area contributed by atoms with Crippen LogP contribution in [0.5, 0.6) is 5.75 Å². The van der Waals surface area contributed by atoms with Crippen LogP contribution in [0.4, 0.5) is 0 Å². The lowest BCUT2D eigenvalue weighted by Crippen LogP contribution is -2.50. The van der Waals surface area contributed by atoms with Crippen molar-refractivity contribution in [1.29, 1.82) is 0 Å². The molecular formula is C23H32O3Si. The predicted molar refractivity (Wildman–Crippen MR) is 114 cm³/mol. The lowest BCUT2D eigenvalue weighted by atomic mass is 10.2. The third-order valence-electron chi connectivity index (χ3n) is 5.30. The van der Waals surface area contributed by atoms with Gasteiger partial charge < -0.3 is 9.16 Å². The summed E-state index contributed by atoms with van der Waals surface area (Å²) < 4.78 is 12.0. The van der Waals surface area contributed by atoms with Gasteiger partial charge in [0.25, 0.3) is 8.32 Å². The average Bonchev–Trinajstić information content (AvgIpc) is 2.64.